The van der Waals surface area contributed by atoms with Gasteiger partial charge in [-0.3, -0.25) is 14.9 Å². The topological polar surface area (TPSA) is 72.2 Å². The van der Waals surface area contributed by atoms with E-state index < -0.39 is 10.8 Å². The Morgan fingerprint density at radius 3 is 2.68 bits per heavy atom. The highest BCUT2D eigenvalue weighted by Crippen LogP contribution is 2.19. The van der Waals surface area contributed by atoms with Crippen LogP contribution in [0.1, 0.15) is 21.5 Å². The SMILES string of the molecule is Cc1ccc(C(=O)NCCc2ccccc2F)cc1[N+](=O)[O-]. The fourth-order valence-corrected chi connectivity index (χ4v) is 2.06. The molecule has 0 saturated carbocycles. The number of nitro benzene ring substituents is 1. The van der Waals surface area contributed by atoms with Crippen LogP contribution in [0.3, 0.4) is 0 Å². The summed E-state index contributed by atoms with van der Waals surface area (Å²) in [5, 5.41) is 13.5. The molecule has 2 rings (SSSR count). The molecule has 0 radical (unpaired) electrons. The van der Waals surface area contributed by atoms with Crippen LogP contribution in [0.15, 0.2) is 42.5 Å². The fraction of sp³-hybridized carbons (Fsp3) is 0.188. The molecule has 0 aliphatic heterocycles. The highest BCUT2D eigenvalue weighted by atomic mass is 19.1. The predicted octanol–water partition coefficient (Wildman–Crippen LogP) is 3.01. The number of rotatable bonds is 5. The fourth-order valence-electron chi connectivity index (χ4n) is 2.06. The number of nitrogens with one attached hydrogen (secondary N) is 1. The highest BCUT2D eigenvalue weighted by molar-refractivity contribution is 5.94. The Kier molecular flexibility index (Phi) is 4.83. The van der Waals surface area contributed by atoms with E-state index in [1.54, 1.807) is 25.1 Å². The number of carbonyl (C=O) groups is 1. The van der Waals surface area contributed by atoms with E-state index in [0.717, 1.165) is 0 Å². The average molecular weight is 302 g/mol. The molecule has 0 bridgehead atoms. The van der Waals surface area contributed by atoms with E-state index >= 15 is 0 Å². The van der Waals surface area contributed by atoms with Gasteiger partial charge >= 0.3 is 0 Å². The van der Waals surface area contributed by atoms with Crippen LogP contribution in [0, 0.1) is 22.9 Å². The lowest BCUT2D eigenvalue weighted by molar-refractivity contribution is -0.385. The van der Waals surface area contributed by atoms with Crippen LogP contribution >= 0.6 is 0 Å². The Bertz CT molecular complexity index is 716. The van der Waals surface area contributed by atoms with Gasteiger partial charge in [0.05, 0.1) is 4.92 Å². The molecular formula is C16H15FN2O3. The van der Waals surface area contributed by atoms with Crippen molar-refractivity contribution in [1.29, 1.82) is 0 Å². The smallest absolute Gasteiger partial charge is 0.273 e. The van der Waals surface area contributed by atoms with Gasteiger partial charge in [0.25, 0.3) is 11.6 Å². The summed E-state index contributed by atoms with van der Waals surface area (Å²) in [4.78, 5) is 22.3. The van der Waals surface area contributed by atoms with E-state index in [1.807, 2.05) is 0 Å². The summed E-state index contributed by atoms with van der Waals surface area (Å²) >= 11 is 0. The van der Waals surface area contributed by atoms with Gasteiger partial charge in [0, 0.05) is 23.7 Å². The Balaban J connectivity index is 2.00. The molecule has 0 atom stereocenters. The molecule has 0 aromatic heterocycles. The molecule has 0 spiro atoms. The summed E-state index contributed by atoms with van der Waals surface area (Å²) in [5.41, 5.74) is 1.12. The van der Waals surface area contributed by atoms with Gasteiger partial charge in [-0.25, -0.2) is 4.39 Å². The summed E-state index contributed by atoms with van der Waals surface area (Å²) in [6.07, 6.45) is 0.354. The molecule has 22 heavy (non-hydrogen) atoms. The van der Waals surface area contributed by atoms with Gasteiger partial charge < -0.3 is 5.32 Å². The maximum atomic E-state index is 13.4. The molecule has 0 aliphatic carbocycles. The van der Waals surface area contributed by atoms with E-state index in [1.165, 1.54) is 24.3 Å². The first-order valence-electron chi connectivity index (χ1n) is 6.75. The first-order valence-corrected chi connectivity index (χ1v) is 6.75. The molecule has 1 amide bonds. The second-order valence-electron chi connectivity index (χ2n) is 4.86. The number of nitro groups is 1. The Labute approximate surface area is 126 Å². The molecule has 6 heteroatoms. The van der Waals surface area contributed by atoms with Crippen LogP contribution in [0.25, 0.3) is 0 Å². The van der Waals surface area contributed by atoms with E-state index in [9.17, 15) is 19.3 Å². The van der Waals surface area contributed by atoms with E-state index in [-0.39, 0.29) is 23.6 Å². The number of halogens is 1. The third-order valence-corrected chi connectivity index (χ3v) is 3.31. The molecular weight excluding hydrogens is 287 g/mol. The lowest BCUT2D eigenvalue weighted by Crippen LogP contribution is -2.26. The molecule has 2 aromatic carbocycles. The number of amides is 1. The number of aryl methyl sites for hydroxylation is 1. The molecule has 0 unspecified atom stereocenters. The van der Waals surface area contributed by atoms with Crippen molar-refractivity contribution in [2.45, 2.75) is 13.3 Å². The normalized spacial score (nSPS) is 10.3. The third kappa shape index (κ3) is 3.66. The van der Waals surface area contributed by atoms with Gasteiger partial charge in [0.2, 0.25) is 0 Å². The quantitative estimate of drug-likeness (QED) is 0.681. The van der Waals surface area contributed by atoms with Crippen molar-refractivity contribution in [3.8, 4) is 0 Å². The largest absolute Gasteiger partial charge is 0.352 e. The van der Waals surface area contributed by atoms with Crippen molar-refractivity contribution in [3.05, 3.63) is 75.1 Å². The van der Waals surface area contributed by atoms with Crippen molar-refractivity contribution in [1.82, 2.24) is 5.32 Å². The van der Waals surface area contributed by atoms with Crippen molar-refractivity contribution in [2.75, 3.05) is 6.54 Å². The number of hydrogen-bond acceptors (Lipinski definition) is 3. The number of benzene rings is 2. The average Bonchev–Trinajstić information content (AvgIpc) is 2.49. The molecule has 0 heterocycles. The molecule has 5 nitrogen and oxygen atoms in total. The van der Waals surface area contributed by atoms with Gasteiger partial charge in [-0.05, 0) is 31.0 Å². The van der Waals surface area contributed by atoms with Crippen LogP contribution < -0.4 is 5.32 Å². The van der Waals surface area contributed by atoms with Crippen molar-refractivity contribution >= 4 is 11.6 Å². The van der Waals surface area contributed by atoms with Gasteiger partial charge in [-0.1, -0.05) is 24.3 Å². The zero-order valence-electron chi connectivity index (χ0n) is 12.0. The van der Waals surface area contributed by atoms with Gasteiger partial charge in [0.1, 0.15) is 5.82 Å². The minimum Gasteiger partial charge on any atom is -0.352 e. The minimum absolute atomic E-state index is 0.0956. The Morgan fingerprint density at radius 2 is 2.00 bits per heavy atom. The van der Waals surface area contributed by atoms with E-state index in [2.05, 4.69) is 5.32 Å². The van der Waals surface area contributed by atoms with Gasteiger partial charge in [-0.2, -0.15) is 0 Å². The predicted molar refractivity (Wildman–Crippen MR) is 80.3 cm³/mol. The molecule has 2 aromatic rings. The first-order chi connectivity index (χ1) is 10.5. The van der Waals surface area contributed by atoms with Crippen LogP contribution in [-0.4, -0.2) is 17.4 Å². The number of nitrogens with zero attached hydrogens (tertiary/aromatic N) is 1. The van der Waals surface area contributed by atoms with Crippen LogP contribution in [0.2, 0.25) is 0 Å². The van der Waals surface area contributed by atoms with Crippen molar-refractivity contribution in [2.24, 2.45) is 0 Å². The lowest BCUT2D eigenvalue weighted by Gasteiger charge is -2.07. The molecule has 0 aliphatic rings. The maximum absolute atomic E-state index is 13.4. The zero-order valence-corrected chi connectivity index (χ0v) is 12.0. The molecule has 0 fully saturated rings. The van der Waals surface area contributed by atoms with Gasteiger partial charge in [-0.15, -0.1) is 0 Å². The monoisotopic (exact) mass is 302 g/mol. The summed E-state index contributed by atoms with van der Waals surface area (Å²) in [7, 11) is 0. The minimum atomic E-state index is -0.522. The van der Waals surface area contributed by atoms with Crippen LogP contribution in [-0.2, 0) is 6.42 Å². The van der Waals surface area contributed by atoms with E-state index in [0.29, 0.717) is 17.5 Å². The molecule has 0 saturated heterocycles. The Morgan fingerprint density at radius 1 is 1.27 bits per heavy atom. The molecule has 1 N–H and O–H groups in total. The second kappa shape index (κ2) is 6.80. The van der Waals surface area contributed by atoms with Crippen LogP contribution in [0.4, 0.5) is 10.1 Å². The summed E-state index contributed by atoms with van der Waals surface area (Å²) in [6, 6.07) is 10.6. The summed E-state index contributed by atoms with van der Waals surface area (Å²) in [5.74, 6) is -0.734. The number of carbonyl (C=O) groups excluding carboxylic acids is 1. The number of hydrogen-bond donors (Lipinski definition) is 1. The zero-order chi connectivity index (χ0) is 16.1. The highest BCUT2D eigenvalue weighted by Gasteiger charge is 2.14. The van der Waals surface area contributed by atoms with E-state index in [4.69, 9.17) is 0 Å². The van der Waals surface area contributed by atoms with Crippen LogP contribution in [0.5, 0.6) is 0 Å². The first kappa shape index (κ1) is 15.6. The maximum Gasteiger partial charge on any atom is 0.273 e. The third-order valence-electron chi connectivity index (χ3n) is 3.31. The van der Waals surface area contributed by atoms with Crippen molar-refractivity contribution in [3.63, 3.8) is 0 Å². The van der Waals surface area contributed by atoms with Crippen molar-refractivity contribution < 1.29 is 14.1 Å². The summed E-state index contributed by atoms with van der Waals surface area (Å²) in [6.45, 7) is 1.86. The van der Waals surface area contributed by atoms with Gasteiger partial charge in [0.15, 0.2) is 0 Å². The summed E-state index contributed by atoms with van der Waals surface area (Å²) < 4.78 is 13.4. The standard InChI is InChI=1S/C16H15FN2O3/c1-11-6-7-13(10-15(11)19(21)22)16(20)18-9-8-12-4-2-3-5-14(12)17/h2-7,10H,8-9H2,1H3,(H,18,20). The molecule has 114 valence electrons. The lowest BCUT2D eigenvalue weighted by atomic mass is 10.1. The second-order valence-corrected chi connectivity index (χ2v) is 4.86. The Hall–Kier alpha value is -2.76.